The Kier molecular flexibility index (Phi) is 5.79. The van der Waals surface area contributed by atoms with Crippen LogP contribution in [0, 0.1) is 5.92 Å². The van der Waals surface area contributed by atoms with Crippen LogP contribution in [0.4, 0.5) is 0 Å². The number of rotatable bonds is 7. The van der Waals surface area contributed by atoms with Crippen LogP contribution in [0.15, 0.2) is 0 Å². The highest BCUT2D eigenvalue weighted by molar-refractivity contribution is 5.77. The molecule has 1 aliphatic heterocycles. The van der Waals surface area contributed by atoms with Crippen LogP contribution >= 0.6 is 0 Å². The molecule has 0 atom stereocenters. The number of amides is 2. The van der Waals surface area contributed by atoms with Crippen molar-refractivity contribution in [2.75, 3.05) is 19.6 Å². The summed E-state index contributed by atoms with van der Waals surface area (Å²) in [6.07, 6.45) is 3.22. The summed E-state index contributed by atoms with van der Waals surface area (Å²) in [5.41, 5.74) is -0.679. The molecule has 5 nitrogen and oxygen atoms in total. The van der Waals surface area contributed by atoms with Crippen LogP contribution in [-0.4, -0.2) is 47.1 Å². The first kappa shape index (κ1) is 16.0. The van der Waals surface area contributed by atoms with Gasteiger partial charge < -0.3 is 15.3 Å². The molecule has 1 heterocycles. The highest BCUT2D eigenvalue weighted by atomic mass is 16.3. The van der Waals surface area contributed by atoms with Crippen molar-refractivity contribution in [1.29, 1.82) is 0 Å². The summed E-state index contributed by atoms with van der Waals surface area (Å²) < 4.78 is 0. The van der Waals surface area contributed by atoms with Crippen LogP contribution in [0.3, 0.4) is 0 Å². The van der Waals surface area contributed by atoms with E-state index in [9.17, 15) is 14.7 Å². The lowest BCUT2D eigenvalue weighted by Crippen LogP contribution is -2.65. The van der Waals surface area contributed by atoms with Crippen LogP contribution in [0.5, 0.6) is 0 Å². The van der Waals surface area contributed by atoms with Gasteiger partial charge in [-0.25, -0.2) is 0 Å². The van der Waals surface area contributed by atoms with Gasteiger partial charge in [-0.05, 0) is 18.8 Å². The standard InChI is InChI=1S/C14H26N2O3/c1-11(2)14(19)9-16(10-14)13(18)7-5-4-6-8-15-12(3)17/h11,19H,4-10H2,1-3H3,(H,15,17). The van der Waals surface area contributed by atoms with E-state index in [0.717, 1.165) is 19.3 Å². The number of carbonyl (C=O) groups excluding carboxylic acids is 2. The van der Waals surface area contributed by atoms with Crippen LogP contribution in [0.25, 0.3) is 0 Å². The van der Waals surface area contributed by atoms with Crippen molar-refractivity contribution in [2.45, 2.75) is 52.1 Å². The third-order valence-electron chi connectivity index (χ3n) is 3.80. The van der Waals surface area contributed by atoms with E-state index < -0.39 is 5.60 Å². The molecular formula is C14H26N2O3. The number of hydrogen-bond donors (Lipinski definition) is 2. The summed E-state index contributed by atoms with van der Waals surface area (Å²) >= 11 is 0. The van der Waals surface area contributed by atoms with E-state index in [0.29, 0.717) is 26.1 Å². The number of nitrogens with zero attached hydrogens (tertiary/aromatic N) is 1. The van der Waals surface area contributed by atoms with E-state index in [-0.39, 0.29) is 17.7 Å². The maximum absolute atomic E-state index is 11.8. The normalized spacial score (nSPS) is 17.2. The Morgan fingerprint density at radius 2 is 1.89 bits per heavy atom. The Morgan fingerprint density at radius 3 is 2.42 bits per heavy atom. The molecule has 0 bridgehead atoms. The van der Waals surface area contributed by atoms with Gasteiger partial charge in [-0.1, -0.05) is 20.3 Å². The molecule has 5 heteroatoms. The van der Waals surface area contributed by atoms with E-state index in [1.807, 2.05) is 13.8 Å². The van der Waals surface area contributed by atoms with Gasteiger partial charge in [0.1, 0.15) is 5.60 Å². The van der Waals surface area contributed by atoms with E-state index in [1.54, 1.807) is 4.90 Å². The minimum Gasteiger partial charge on any atom is -0.386 e. The quantitative estimate of drug-likeness (QED) is 0.676. The summed E-state index contributed by atoms with van der Waals surface area (Å²) in [6.45, 7) is 7.07. The average Bonchev–Trinajstić information content (AvgIpc) is 2.28. The molecule has 2 amide bonds. The molecule has 0 saturated carbocycles. The lowest BCUT2D eigenvalue weighted by Gasteiger charge is -2.49. The monoisotopic (exact) mass is 270 g/mol. The maximum Gasteiger partial charge on any atom is 0.222 e. The Labute approximate surface area is 115 Å². The minimum absolute atomic E-state index is 0.00961. The van der Waals surface area contributed by atoms with Gasteiger partial charge >= 0.3 is 0 Å². The van der Waals surface area contributed by atoms with Crippen LogP contribution in [0.2, 0.25) is 0 Å². The second kappa shape index (κ2) is 6.89. The van der Waals surface area contributed by atoms with Gasteiger partial charge in [0.15, 0.2) is 0 Å². The van der Waals surface area contributed by atoms with Gasteiger partial charge in [-0.2, -0.15) is 0 Å². The average molecular weight is 270 g/mol. The first-order valence-corrected chi connectivity index (χ1v) is 7.10. The van der Waals surface area contributed by atoms with Gasteiger partial charge in [0.25, 0.3) is 0 Å². The van der Waals surface area contributed by atoms with Gasteiger partial charge in [-0.3, -0.25) is 9.59 Å². The first-order valence-electron chi connectivity index (χ1n) is 7.10. The predicted octanol–water partition coefficient (Wildman–Crippen LogP) is 0.912. The van der Waals surface area contributed by atoms with Crippen LogP contribution in [-0.2, 0) is 9.59 Å². The summed E-state index contributed by atoms with van der Waals surface area (Å²) in [6, 6.07) is 0. The Balaban J connectivity index is 2.06. The largest absolute Gasteiger partial charge is 0.386 e. The highest BCUT2D eigenvalue weighted by Crippen LogP contribution is 2.29. The number of likely N-dealkylation sites (tertiary alicyclic amines) is 1. The maximum atomic E-state index is 11.8. The molecule has 1 saturated heterocycles. The van der Waals surface area contributed by atoms with Gasteiger partial charge in [-0.15, -0.1) is 0 Å². The summed E-state index contributed by atoms with van der Waals surface area (Å²) in [5.74, 6) is 0.309. The Hall–Kier alpha value is -1.10. The minimum atomic E-state index is -0.679. The highest BCUT2D eigenvalue weighted by Gasteiger charge is 2.45. The van der Waals surface area contributed by atoms with Crippen molar-refractivity contribution in [3.05, 3.63) is 0 Å². The molecule has 0 unspecified atom stereocenters. The fourth-order valence-electron chi connectivity index (χ4n) is 2.16. The zero-order valence-corrected chi connectivity index (χ0v) is 12.2. The first-order chi connectivity index (χ1) is 8.85. The molecule has 0 spiro atoms. The Morgan fingerprint density at radius 1 is 1.26 bits per heavy atom. The Bertz CT molecular complexity index is 323. The second-order valence-electron chi connectivity index (χ2n) is 5.80. The van der Waals surface area contributed by atoms with Crippen molar-refractivity contribution in [3.63, 3.8) is 0 Å². The van der Waals surface area contributed by atoms with Crippen molar-refractivity contribution in [1.82, 2.24) is 10.2 Å². The summed E-state index contributed by atoms with van der Waals surface area (Å²) in [4.78, 5) is 24.2. The smallest absolute Gasteiger partial charge is 0.222 e. The van der Waals surface area contributed by atoms with Crippen molar-refractivity contribution in [2.24, 2.45) is 5.92 Å². The number of β-amino-alcohol motifs (C(OH)–C–C–N with tert-alkyl or cyclic N) is 1. The molecule has 1 fully saturated rings. The van der Waals surface area contributed by atoms with Crippen molar-refractivity contribution < 1.29 is 14.7 Å². The molecule has 19 heavy (non-hydrogen) atoms. The van der Waals surface area contributed by atoms with E-state index in [2.05, 4.69) is 5.32 Å². The zero-order chi connectivity index (χ0) is 14.5. The van der Waals surface area contributed by atoms with Crippen molar-refractivity contribution in [3.8, 4) is 0 Å². The van der Waals surface area contributed by atoms with Gasteiger partial charge in [0, 0.05) is 19.9 Å². The molecule has 1 rings (SSSR count). The predicted molar refractivity (Wildman–Crippen MR) is 73.5 cm³/mol. The van der Waals surface area contributed by atoms with E-state index in [1.165, 1.54) is 6.92 Å². The molecule has 0 aliphatic carbocycles. The van der Waals surface area contributed by atoms with Gasteiger partial charge in [0.05, 0.1) is 13.1 Å². The van der Waals surface area contributed by atoms with E-state index >= 15 is 0 Å². The molecule has 0 radical (unpaired) electrons. The summed E-state index contributed by atoms with van der Waals surface area (Å²) in [5, 5.41) is 12.8. The number of aliphatic hydroxyl groups is 1. The van der Waals surface area contributed by atoms with Crippen molar-refractivity contribution >= 4 is 11.8 Å². The SMILES string of the molecule is CC(=O)NCCCCCC(=O)N1CC(O)(C(C)C)C1. The third kappa shape index (κ3) is 4.82. The molecule has 0 aromatic rings. The fraction of sp³-hybridized carbons (Fsp3) is 0.857. The number of hydrogen-bond acceptors (Lipinski definition) is 3. The zero-order valence-electron chi connectivity index (χ0n) is 12.2. The molecule has 2 N–H and O–H groups in total. The lowest BCUT2D eigenvalue weighted by molar-refractivity contribution is -0.163. The number of carbonyl (C=O) groups is 2. The number of unbranched alkanes of at least 4 members (excludes halogenated alkanes) is 2. The van der Waals surface area contributed by atoms with Gasteiger partial charge in [0.2, 0.25) is 11.8 Å². The third-order valence-corrected chi connectivity index (χ3v) is 3.80. The molecular weight excluding hydrogens is 244 g/mol. The number of nitrogens with one attached hydrogen (secondary N) is 1. The molecule has 0 aromatic carbocycles. The van der Waals surface area contributed by atoms with Crippen LogP contribution in [0.1, 0.15) is 46.5 Å². The lowest BCUT2D eigenvalue weighted by atomic mass is 9.83. The van der Waals surface area contributed by atoms with E-state index in [4.69, 9.17) is 0 Å². The van der Waals surface area contributed by atoms with Crippen LogP contribution < -0.4 is 5.32 Å². The molecule has 110 valence electrons. The fourth-order valence-corrected chi connectivity index (χ4v) is 2.16. The summed E-state index contributed by atoms with van der Waals surface area (Å²) in [7, 11) is 0. The molecule has 0 aromatic heterocycles. The second-order valence-corrected chi connectivity index (χ2v) is 5.80. The topological polar surface area (TPSA) is 69.6 Å². The molecule has 1 aliphatic rings.